The molecule has 0 rings (SSSR count). The van der Waals surface area contributed by atoms with Gasteiger partial charge in [0.2, 0.25) is 0 Å². The van der Waals surface area contributed by atoms with Crippen LogP contribution in [-0.2, 0) is 32.7 Å². The average Bonchev–Trinajstić information content (AvgIpc) is 1.07. The van der Waals surface area contributed by atoms with Crippen LogP contribution in [-0.4, -0.2) is 74.9 Å². The summed E-state index contributed by atoms with van der Waals surface area (Å²) in [6.07, 6.45) is 111. The fourth-order valence-electron chi connectivity index (χ4n) is 13.1. The molecule has 0 amide bonds. The third-order valence-electron chi connectivity index (χ3n) is 19.7. The molecule has 100 heavy (non-hydrogen) atoms. The predicted octanol–water partition coefficient (Wildman–Crippen LogP) is 29.4. The lowest BCUT2D eigenvalue weighted by Crippen LogP contribution is -2.37. The lowest BCUT2D eigenvalue weighted by atomic mass is 10.0. The van der Waals surface area contributed by atoms with E-state index in [1.54, 1.807) is 0 Å². The summed E-state index contributed by atoms with van der Waals surface area (Å²) in [7, 11) is 1.50. The van der Waals surface area contributed by atoms with Gasteiger partial charge in [-0.2, -0.15) is 0 Å². The van der Waals surface area contributed by atoms with Gasteiger partial charge in [0.05, 0.1) is 27.7 Å². The van der Waals surface area contributed by atoms with Crippen LogP contribution in [0.4, 0.5) is 0 Å². The van der Waals surface area contributed by atoms with E-state index in [9.17, 15) is 19.0 Å². The Morgan fingerprint density at radius 3 is 0.850 bits per heavy atom. The number of carbonyl (C=O) groups excluding carboxylic acids is 2. The number of allylic oxidation sites excluding steroid dienone is 12. The molecule has 0 aromatic heterocycles. The smallest absolute Gasteiger partial charge is 0.462 e. The Bertz CT molecular complexity index is 1920. The number of phosphoric acid groups is 1. The number of phosphoric ester groups is 1. The molecule has 0 aliphatic heterocycles. The lowest BCUT2D eigenvalue weighted by Gasteiger charge is -2.24. The van der Waals surface area contributed by atoms with Crippen molar-refractivity contribution in [3.05, 3.63) is 72.9 Å². The SMILES string of the molecule is CC/C=C\C/C=C\C/C=C\C/C=C\CCCCCCCCCCCCCCCCCCCCCCCCCCCCC(=O)OC(COC(=O)CCCCCCCCCCCCCCCCCCCCCCCCCCC/C=C\C/C=C\CCCCCCC)COP(=O)(O)OCC[N+](C)(C)C. The molecule has 0 bridgehead atoms. The zero-order valence-corrected chi connectivity index (χ0v) is 68.1. The van der Waals surface area contributed by atoms with E-state index >= 15 is 0 Å². The Labute approximate surface area is 622 Å². The Balaban J connectivity index is 3.86. The highest BCUT2D eigenvalue weighted by molar-refractivity contribution is 7.47. The van der Waals surface area contributed by atoms with E-state index in [-0.39, 0.29) is 25.6 Å². The summed E-state index contributed by atoms with van der Waals surface area (Å²) in [6.45, 7) is 4.39. The molecule has 2 atom stereocenters. The number of rotatable bonds is 82. The Morgan fingerprint density at radius 1 is 0.320 bits per heavy atom. The molecule has 0 spiro atoms. The Morgan fingerprint density at radius 2 is 0.570 bits per heavy atom. The minimum atomic E-state index is -4.40. The molecule has 0 heterocycles. The van der Waals surface area contributed by atoms with E-state index < -0.39 is 26.5 Å². The van der Waals surface area contributed by atoms with Gasteiger partial charge in [0.25, 0.3) is 0 Å². The van der Waals surface area contributed by atoms with Crippen LogP contribution in [0.5, 0.6) is 0 Å². The molecule has 586 valence electrons. The maximum Gasteiger partial charge on any atom is 0.472 e. The molecule has 0 aliphatic rings. The van der Waals surface area contributed by atoms with E-state index in [1.165, 1.54) is 340 Å². The monoisotopic (exact) mass is 1420 g/mol. The first-order chi connectivity index (χ1) is 49.0. The van der Waals surface area contributed by atoms with Crippen molar-refractivity contribution >= 4 is 19.8 Å². The number of carbonyl (C=O) groups is 2. The molecule has 0 fully saturated rings. The highest BCUT2D eigenvalue weighted by Crippen LogP contribution is 2.43. The van der Waals surface area contributed by atoms with E-state index in [0.717, 1.165) is 64.2 Å². The molecular weight excluding hydrogens is 1250 g/mol. The summed E-state index contributed by atoms with van der Waals surface area (Å²) < 4.78 is 34.9. The second-order valence-corrected chi connectivity index (χ2v) is 32.4. The summed E-state index contributed by atoms with van der Waals surface area (Å²) in [6, 6.07) is 0. The van der Waals surface area contributed by atoms with Crippen LogP contribution in [0.25, 0.3) is 0 Å². The van der Waals surface area contributed by atoms with Gasteiger partial charge in [0.1, 0.15) is 19.8 Å². The van der Waals surface area contributed by atoms with E-state index in [4.69, 9.17) is 18.5 Å². The van der Waals surface area contributed by atoms with Crippen LogP contribution in [0.15, 0.2) is 72.9 Å². The molecule has 9 nitrogen and oxygen atoms in total. The second kappa shape index (κ2) is 80.5. The number of hydrogen-bond donors (Lipinski definition) is 1. The van der Waals surface area contributed by atoms with Gasteiger partial charge in [-0.1, -0.05) is 414 Å². The highest BCUT2D eigenvalue weighted by atomic mass is 31.2. The van der Waals surface area contributed by atoms with Crippen molar-refractivity contribution in [2.45, 2.75) is 444 Å². The fourth-order valence-corrected chi connectivity index (χ4v) is 13.8. The van der Waals surface area contributed by atoms with Crippen LogP contribution in [0.3, 0.4) is 0 Å². The van der Waals surface area contributed by atoms with Crippen molar-refractivity contribution < 1.29 is 42.1 Å². The molecule has 0 aromatic carbocycles. The maximum atomic E-state index is 12.9. The molecule has 0 aromatic rings. The van der Waals surface area contributed by atoms with Crippen LogP contribution < -0.4 is 0 Å². The van der Waals surface area contributed by atoms with Gasteiger partial charge in [-0.3, -0.25) is 18.6 Å². The van der Waals surface area contributed by atoms with Crippen LogP contribution in [0.1, 0.15) is 438 Å². The zero-order valence-electron chi connectivity index (χ0n) is 67.2. The number of likely N-dealkylation sites (N-methyl/N-ethyl adjacent to an activating group) is 1. The van der Waals surface area contributed by atoms with Gasteiger partial charge in [0.15, 0.2) is 6.10 Å². The highest BCUT2D eigenvalue weighted by Gasteiger charge is 2.27. The minimum absolute atomic E-state index is 0.0344. The maximum absolute atomic E-state index is 12.9. The van der Waals surface area contributed by atoms with E-state index in [2.05, 4.69) is 86.8 Å². The molecule has 10 heteroatoms. The summed E-state index contributed by atoms with van der Waals surface area (Å²) in [5.41, 5.74) is 0. The summed E-state index contributed by atoms with van der Waals surface area (Å²) in [4.78, 5) is 36.1. The molecule has 0 aliphatic carbocycles. The first kappa shape index (κ1) is 97.4. The quantitative estimate of drug-likeness (QED) is 0.0211. The summed E-state index contributed by atoms with van der Waals surface area (Å²) in [5, 5.41) is 0. The van der Waals surface area contributed by atoms with Gasteiger partial charge in [0, 0.05) is 12.8 Å². The van der Waals surface area contributed by atoms with E-state index in [0.29, 0.717) is 23.9 Å². The molecular formula is C90H169NO8P+. The Hall–Kier alpha value is -2.55. The number of unbranched alkanes of at least 4 members (excludes halogenated alkanes) is 56. The van der Waals surface area contributed by atoms with Gasteiger partial charge in [-0.15, -0.1) is 0 Å². The van der Waals surface area contributed by atoms with Crippen molar-refractivity contribution in [1.82, 2.24) is 0 Å². The largest absolute Gasteiger partial charge is 0.472 e. The summed E-state index contributed by atoms with van der Waals surface area (Å²) in [5.74, 6) is -0.771. The Kier molecular flexibility index (Phi) is 78.5. The van der Waals surface area contributed by atoms with Crippen molar-refractivity contribution in [3.8, 4) is 0 Å². The number of ether oxygens (including phenoxy) is 2. The van der Waals surface area contributed by atoms with E-state index in [1.807, 2.05) is 21.1 Å². The number of quaternary nitrogens is 1. The minimum Gasteiger partial charge on any atom is -0.462 e. The van der Waals surface area contributed by atoms with Crippen molar-refractivity contribution in [1.29, 1.82) is 0 Å². The van der Waals surface area contributed by atoms with Crippen molar-refractivity contribution in [2.24, 2.45) is 0 Å². The average molecular weight is 1420 g/mol. The van der Waals surface area contributed by atoms with Gasteiger partial charge < -0.3 is 18.9 Å². The van der Waals surface area contributed by atoms with Gasteiger partial charge in [-0.25, -0.2) is 4.57 Å². The predicted molar refractivity (Wildman–Crippen MR) is 436 cm³/mol. The second-order valence-electron chi connectivity index (χ2n) is 30.9. The fraction of sp³-hybridized carbons (Fsp3) is 0.844. The molecule has 0 saturated carbocycles. The van der Waals surface area contributed by atoms with Crippen molar-refractivity contribution in [3.63, 3.8) is 0 Å². The third-order valence-corrected chi connectivity index (χ3v) is 20.7. The van der Waals surface area contributed by atoms with Gasteiger partial charge in [-0.05, 0) is 83.5 Å². The van der Waals surface area contributed by atoms with Crippen LogP contribution in [0, 0.1) is 0 Å². The molecule has 0 saturated heterocycles. The molecule has 1 N–H and O–H groups in total. The third kappa shape index (κ3) is 84.4. The van der Waals surface area contributed by atoms with Crippen molar-refractivity contribution in [2.75, 3.05) is 47.5 Å². The topological polar surface area (TPSA) is 108 Å². The summed E-state index contributed by atoms with van der Waals surface area (Å²) >= 11 is 0. The normalized spacial score (nSPS) is 13.3. The molecule has 0 radical (unpaired) electrons. The number of hydrogen-bond acceptors (Lipinski definition) is 7. The van der Waals surface area contributed by atoms with Gasteiger partial charge >= 0.3 is 19.8 Å². The first-order valence-corrected chi connectivity index (χ1v) is 45.2. The standard InChI is InChI=1S/C90H168NO8P/c1-6-8-10-12-14-16-18-20-22-24-26-28-30-32-34-36-38-40-42-44-45-47-49-51-53-55-57-59-61-63-65-67-69-71-73-75-77-79-81-83-90(93)99-88(87-98-100(94,95)97-85-84-91(3,4)5)86-96-89(92)82-80-78-76-74-72-70-68-66-64-62-60-58-56-54-52-50-48-46-43-41-39-37-35-33-31-29-27-25-23-21-19-17-15-13-11-9-7-2/h8,10,14,16,19-22,25-28,88H,6-7,9,11-13,15,17-18,23-24,29-87H2,1-5H3/p+1/b10-8-,16-14-,21-19-,22-20-,27-25-,28-26-. The van der Waals surface area contributed by atoms with Crippen LogP contribution >= 0.6 is 7.82 Å². The van der Waals surface area contributed by atoms with Crippen LogP contribution in [0.2, 0.25) is 0 Å². The lowest BCUT2D eigenvalue weighted by molar-refractivity contribution is -0.870. The zero-order chi connectivity index (χ0) is 72.5. The molecule has 2 unspecified atom stereocenters. The number of esters is 2. The number of nitrogens with zero attached hydrogens (tertiary/aromatic N) is 1. The first-order valence-electron chi connectivity index (χ1n) is 43.7.